The molecule has 4 heterocycles. The fourth-order valence-corrected chi connectivity index (χ4v) is 7.77. The highest BCUT2D eigenvalue weighted by Gasteiger charge is 2.56. The van der Waals surface area contributed by atoms with Gasteiger partial charge in [0.25, 0.3) is 5.91 Å². The lowest BCUT2D eigenvalue weighted by Gasteiger charge is -2.50. The molecule has 1 aromatic rings. The fraction of sp³-hybridized carbons (Fsp3) is 0.816. The van der Waals surface area contributed by atoms with E-state index in [4.69, 9.17) is 37.9 Å². The number of benzene rings is 1. The number of rotatable bonds is 14. The number of hydrogen-bond donors (Lipinski definition) is 13. The number of aliphatic hydroxyl groups is 10. The molecule has 1 amide bonds. The second kappa shape index (κ2) is 20.4. The summed E-state index contributed by atoms with van der Waals surface area (Å²) in [7, 11) is 0. The zero-order valence-corrected chi connectivity index (χ0v) is 33.9. The average Bonchev–Trinajstić information content (AvgIpc) is 3.20. The number of ether oxygens (including phenoxy) is 8. The van der Waals surface area contributed by atoms with Crippen LogP contribution in [-0.2, 0) is 49.1 Å². The van der Waals surface area contributed by atoms with Crippen molar-refractivity contribution in [3.05, 3.63) is 23.8 Å². The van der Waals surface area contributed by atoms with Gasteiger partial charge in [0.2, 0.25) is 0 Å². The van der Waals surface area contributed by atoms with Gasteiger partial charge in [0, 0.05) is 13.2 Å². The highest BCUT2D eigenvalue weighted by Crippen LogP contribution is 2.37. The molecule has 4 aliphatic heterocycles. The van der Waals surface area contributed by atoms with Crippen LogP contribution in [0.15, 0.2) is 18.2 Å². The topological polar surface area (TPSA) is 346 Å². The molecule has 4 fully saturated rings. The van der Waals surface area contributed by atoms with Crippen molar-refractivity contribution >= 4 is 5.91 Å². The highest BCUT2D eigenvalue weighted by atomic mass is 16.8. The molecule has 4 saturated heterocycles. The largest absolute Gasteiger partial charge is 0.504 e. The van der Waals surface area contributed by atoms with Crippen LogP contribution < -0.4 is 5.32 Å². The standard InChI is InChI=1S/C38H61NO21/c1-6-53-30-20(44)18(12-40)55-37(27(30)51)59-31-23(47)26(50)36(60-32(31)34(52)39-10-9-15-7-8-16(42)17(43)11-15)58-29-19(13-41)56-35(25(49)22(29)46)57-28-14(2)54-33(38(3,4)5)24(48)21(28)45/h7-8,11,14,18-33,35-37,40-51H,6,9-10,12-13H2,1-5H3,(H,39,52). The van der Waals surface area contributed by atoms with E-state index < -0.39 is 153 Å². The Kier molecular flexibility index (Phi) is 16.5. The molecular weight excluding hydrogens is 806 g/mol. The van der Waals surface area contributed by atoms with Crippen LogP contribution in [0.5, 0.6) is 11.5 Å². The van der Waals surface area contributed by atoms with Crippen LogP contribution in [0.1, 0.15) is 40.2 Å². The predicted molar refractivity (Wildman–Crippen MR) is 199 cm³/mol. The van der Waals surface area contributed by atoms with E-state index in [1.165, 1.54) is 18.2 Å². The average molecular weight is 868 g/mol. The van der Waals surface area contributed by atoms with Crippen molar-refractivity contribution in [2.24, 2.45) is 5.41 Å². The first-order chi connectivity index (χ1) is 28.2. The van der Waals surface area contributed by atoms with Gasteiger partial charge in [-0.15, -0.1) is 0 Å². The lowest BCUT2D eigenvalue weighted by atomic mass is 9.80. The van der Waals surface area contributed by atoms with Crippen molar-refractivity contribution in [3.8, 4) is 11.5 Å². The van der Waals surface area contributed by atoms with Crippen LogP contribution in [0.25, 0.3) is 0 Å². The van der Waals surface area contributed by atoms with Crippen LogP contribution in [-0.4, -0.2) is 216 Å². The van der Waals surface area contributed by atoms with Crippen molar-refractivity contribution in [2.75, 3.05) is 26.4 Å². The van der Waals surface area contributed by atoms with Gasteiger partial charge in [0.1, 0.15) is 85.5 Å². The molecule has 13 N–H and O–H groups in total. The Morgan fingerprint density at radius 1 is 0.667 bits per heavy atom. The first-order valence-corrected chi connectivity index (χ1v) is 19.9. The molecule has 0 saturated carbocycles. The number of hydrogen-bond acceptors (Lipinski definition) is 21. The summed E-state index contributed by atoms with van der Waals surface area (Å²) in [6, 6.07) is 4.01. The molecule has 0 aliphatic carbocycles. The maximum atomic E-state index is 13.8. The van der Waals surface area contributed by atoms with Gasteiger partial charge in [-0.05, 0) is 43.4 Å². The lowest BCUT2D eigenvalue weighted by Crippen LogP contribution is -2.68. The van der Waals surface area contributed by atoms with Gasteiger partial charge >= 0.3 is 0 Å². The molecule has 0 spiro atoms. The minimum atomic E-state index is -2.10. The molecule has 20 unspecified atom stereocenters. The van der Waals surface area contributed by atoms with E-state index in [0.717, 1.165) is 0 Å². The Morgan fingerprint density at radius 3 is 1.82 bits per heavy atom. The molecule has 22 nitrogen and oxygen atoms in total. The fourth-order valence-electron chi connectivity index (χ4n) is 7.77. The van der Waals surface area contributed by atoms with Gasteiger partial charge in [-0.25, -0.2) is 0 Å². The zero-order valence-electron chi connectivity index (χ0n) is 33.9. The number of nitrogens with one attached hydrogen (secondary N) is 1. The molecular formula is C38H61NO21. The smallest absolute Gasteiger partial charge is 0.252 e. The van der Waals surface area contributed by atoms with Crippen molar-refractivity contribution in [3.63, 3.8) is 0 Å². The SMILES string of the molecule is CCOC1C(O)C(CO)OC(OC2C(C(=O)NCCc3ccc(O)c(O)c3)OC(OC3C(CO)OC(OC4C(C)OC(C(C)(C)C)C(O)C4O)C(O)C3O)C(O)C2O)C1O. The van der Waals surface area contributed by atoms with E-state index in [-0.39, 0.29) is 25.3 Å². The Bertz CT molecular complexity index is 1530. The summed E-state index contributed by atoms with van der Waals surface area (Å²) in [5, 5.41) is 131. The number of carbonyl (C=O) groups is 1. The maximum Gasteiger partial charge on any atom is 0.252 e. The molecule has 0 bridgehead atoms. The number of phenolic OH excluding ortho intramolecular Hbond substituents is 2. The van der Waals surface area contributed by atoms with E-state index in [1.807, 2.05) is 20.8 Å². The Morgan fingerprint density at radius 2 is 1.22 bits per heavy atom. The Hall–Kier alpha value is -2.43. The van der Waals surface area contributed by atoms with Gasteiger partial charge in [-0.2, -0.15) is 0 Å². The third-order valence-electron chi connectivity index (χ3n) is 11.1. The van der Waals surface area contributed by atoms with E-state index in [0.29, 0.717) is 5.56 Å². The number of aliphatic hydroxyl groups excluding tert-OH is 10. The van der Waals surface area contributed by atoms with E-state index in [2.05, 4.69) is 5.32 Å². The molecule has 20 atom stereocenters. The summed E-state index contributed by atoms with van der Waals surface area (Å²) in [5.41, 5.74) is -0.0710. The third kappa shape index (κ3) is 10.5. The molecule has 5 rings (SSSR count). The summed E-state index contributed by atoms with van der Waals surface area (Å²) >= 11 is 0. The molecule has 0 aromatic heterocycles. The normalized spacial score (nSPS) is 42.8. The van der Waals surface area contributed by atoms with Gasteiger partial charge < -0.3 is 104 Å². The minimum Gasteiger partial charge on any atom is -0.504 e. The van der Waals surface area contributed by atoms with Crippen LogP contribution in [0.3, 0.4) is 0 Å². The number of phenols is 2. The van der Waals surface area contributed by atoms with Gasteiger partial charge in [0.15, 0.2) is 36.5 Å². The van der Waals surface area contributed by atoms with Gasteiger partial charge in [-0.3, -0.25) is 4.79 Å². The van der Waals surface area contributed by atoms with E-state index >= 15 is 0 Å². The second-order valence-electron chi connectivity index (χ2n) is 16.5. The third-order valence-corrected chi connectivity index (χ3v) is 11.1. The summed E-state index contributed by atoms with van der Waals surface area (Å²) in [6.07, 6.45) is -32.3. The van der Waals surface area contributed by atoms with Gasteiger partial charge in [-0.1, -0.05) is 26.8 Å². The first-order valence-electron chi connectivity index (χ1n) is 19.9. The number of aromatic hydroxyl groups is 2. The molecule has 1 aromatic carbocycles. The van der Waals surface area contributed by atoms with Crippen LogP contribution in [0, 0.1) is 5.41 Å². The van der Waals surface area contributed by atoms with Crippen molar-refractivity contribution < 1.29 is 104 Å². The summed E-state index contributed by atoms with van der Waals surface area (Å²) in [5.74, 6) is -1.73. The highest BCUT2D eigenvalue weighted by molar-refractivity contribution is 5.81. The second-order valence-corrected chi connectivity index (χ2v) is 16.5. The Labute approximate surface area is 345 Å². The van der Waals surface area contributed by atoms with Gasteiger partial charge in [0.05, 0.1) is 25.4 Å². The van der Waals surface area contributed by atoms with Crippen LogP contribution in [0.2, 0.25) is 0 Å². The summed E-state index contributed by atoms with van der Waals surface area (Å²) in [6.45, 7) is 6.86. The number of carbonyl (C=O) groups excluding carboxylic acids is 1. The van der Waals surface area contributed by atoms with Crippen molar-refractivity contribution in [1.82, 2.24) is 5.32 Å². The summed E-state index contributed by atoms with van der Waals surface area (Å²) in [4.78, 5) is 13.8. The molecule has 22 heteroatoms. The maximum absolute atomic E-state index is 13.8. The van der Waals surface area contributed by atoms with E-state index in [9.17, 15) is 66.1 Å². The molecule has 4 aliphatic rings. The monoisotopic (exact) mass is 867 g/mol. The van der Waals surface area contributed by atoms with Crippen molar-refractivity contribution in [1.29, 1.82) is 0 Å². The molecule has 344 valence electrons. The zero-order chi connectivity index (χ0) is 44.4. The van der Waals surface area contributed by atoms with Crippen LogP contribution >= 0.6 is 0 Å². The Balaban J connectivity index is 1.34. The predicted octanol–water partition coefficient (Wildman–Crippen LogP) is -4.80. The molecule has 0 radical (unpaired) electrons. The summed E-state index contributed by atoms with van der Waals surface area (Å²) < 4.78 is 46.1. The van der Waals surface area contributed by atoms with Crippen molar-refractivity contribution in [2.45, 2.75) is 164 Å². The molecule has 60 heavy (non-hydrogen) atoms. The van der Waals surface area contributed by atoms with Crippen LogP contribution in [0.4, 0.5) is 0 Å². The van der Waals surface area contributed by atoms with E-state index in [1.54, 1.807) is 13.8 Å². The first kappa shape index (κ1) is 48.6. The quantitative estimate of drug-likeness (QED) is 0.0780. The lowest BCUT2D eigenvalue weighted by molar-refractivity contribution is -0.381. The minimum absolute atomic E-state index is 0.0184. The number of amides is 1.